The third-order valence-corrected chi connectivity index (χ3v) is 3.71. The van der Waals surface area contributed by atoms with E-state index in [1.165, 1.54) is 0 Å². The highest BCUT2D eigenvalue weighted by Crippen LogP contribution is 2.25. The molecule has 20 heavy (non-hydrogen) atoms. The van der Waals surface area contributed by atoms with Gasteiger partial charge < -0.3 is 5.32 Å². The first-order valence-corrected chi connectivity index (χ1v) is 7.62. The number of benzene rings is 1. The minimum Gasteiger partial charge on any atom is -0.307 e. The Hall–Kier alpha value is -1.27. The fourth-order valence-electron chi connectivity index (χ4n) is 2.31. The monoisotopic (exact) mass is 337 g/mol. The van der Waals surface area contributed by atoms with Crippen LogP contribution in [0.5, 0.6) is 0 Å². The van der Waals surface area contributed by atoms with Crippen LogP contribution in [-0.4, -0.2) is 26.8 Å². The van der Waals surface area contributed by atoms with Crippen LogP contribution in [0.25, 0.3) is 5.69 Å². The lowest BCUT2D eigenvalue weighted by Crippen LogP contribution is -2.23. The van der Waals surface area contributed by atoms with Crippen LogP contribution in [0.1, 0.15) is 43.3 Å². The lowest BCUT2D eigenvalue weighted by atomic mass is 10.1. The molecule has 0 spiro atoms. The Morgan fingerprint density at radius 1 is 1.30 bits per heavy atom. The molecule has 0 aliphatic carbocycles. The maximum atomic E-state index is 4.18. The van der Waals surface area contributed by atoms with Gasteiger partial charge in [0.2, 0.25) is 0 Å². The normalized spacial score (nSPS) is 12.7. The first-order valence-electron chi connectivity index (χ1n) is 6.83. The number of aromatic nitrogens is 4. The molecular formula is C14H20BrN5. The molecule has 1 unspecified atom stereocenters. The van der Waals surface area contributed by atoms with E-state index in [1.807, 2.05) is 4.68 Å². The van der Waals surface area contributed by atoms with Crippen molar-refractivity contribution in [2.75, 3.05) is 6.54 Å². The van der Waals surface area contributed by atoms with Crippen molar-refractivity contribution in [2.45, 2.75) is 40.2 Å². The zero-order chi connectivity index (χ0) is 14.7. The topological polar surface area (TPSA) is 55.6 Å². The van der Waals surface area contributed by atoms with Crippen LogP contribution in [0, 0.1) is 13.8 Å². The van der Waals surface area contributed by atoms with Gasteiger partial charge in [0.15, 0.2) is 5.82 Å². The molecule has 1 heterocycles. The Labute approximate surface area is 127 Å². The van der Waals surface area contributed by atoms with Gasteiger partial charge in [0.25, 0.3) is 0 Å². The van der Waals surface area contributed by atoms with Gasteiger partial charge in [-0.15, -0.1) is 5.10 Å². The summed E-state index contributed by atoms with van der Waals surface area (Å²) in [4.78, 5) is 0. The van der Waals surface area contributed by atoms with Crippen LogP contribution in [-0.2, 0) is 0 Å². The van der Waals surface area contributed by atoms with Crippen molar-refractivity contribution in [3.05, 3.63) is 33.6 Å². The smallest absolute Gasteiger partial charge is 0.173 e. The Bertz CT molecular complexity index is 570. The number of aryl methyl sites for hydroxylation is 2. The highest BCUT2D eigenvalue weighted by Gasteiger charge is 2.18. The van der Waals surface area contributed by atoms with Crippen molar-refractivity contribution < 1.29 is 0 Å². The fraction of sp³-hybridized carbons (Fsp3) is 0.500. The van der Waals surface area contributed by atoms with E-state index in [1.54, 1.807) is 0 Å². The lowest BCUT2D eigenvalue weighted by Gasteiger charge is -2.16. The van der Waals surface area contributed by atoms with Crippen molar-refractivity contribution in [1.29, 1.82) is 0 Å². The van der Waals surface area contributed by atoms with Crippen molar-refractivity contribution in [1.82, 2.24) is 25.5 Å². The molecule has 5 nitrogen and oxygen atoms in total. The number of tetrazole rings is 1. The van der Waals surface area contributed by atoms with Gasteiger partial charge >= 0.3 is 0 Å². The summed E-state index contributed by atoms with van der Waals surface area (Å²) in [6.07, 6.45) is 1.09. The average molecular weight is 338 g/mol. The van der Waals surface area contributed by atoms with Crippen molar-refractivity contribution in [2.24, 2.45) is 0 Å². The molecule has 0 aliphatic rings. The first-order chi connectivity index (χ1) is 9.54. The van der Waals surface area contributed by atoms with Crippen LogP contribution < -0.4 is 5.32 Å². The first kappa shape index (κ1) is 15.1. The van der Waals surface area contributed by atoms with Gasteiger partial charge in [-0.2, -0.15) is 4.68 Å². The zero-order valence-corrected chi connectivity index (χ0v) is 13.9. The molecule has 0 saturated carbocycles. The summed E-state index contributed by atoms with van der Waals surface area (Å²) < 4.78 is 2.91. The predicted molar refractivity (Wildman–Crippen MR) is 83.0 cm³/mol. The molecule has 1 aromatic heterocycles. The van der Waals surface area contributed by atoms with Crippen molar-refractivity contribution in [3.8, 4) is 5.69 Å². The average Bonchev–Trinajstić information content (AvgIpc) is 2.83. The maximum Gasteiger partial charge on any atom is 0.173 e. The number of halogens is 1. The minimum atomic E-state index is 0.118. The SMILES string of the molecule is CCCNC(C)c1nnnn1-c1c(C)cc(Br)cc1C. The van der Waals surface area contributed by atoms with Gasteiger partial charge in [-0.05, 0) is 67.4 Å². The van der Waals surface area contributed by atoms with Gasteiger partial charge in [-0.25, -0.2) is 0 Å². The molecular weight excluding hydrogens is 318 g/mol. The van der Waals surface area contributed by atoms with Crippen molar-refractivity contribution >= 4 is 15.9 Å². The molecule has 2 rings (SSSR count). The largest absolute Gasteiger partial charge is 0.307 e. The highest BCUT2D eigenvalue weighted by molar-refractivity contribution is 9.10. The molecule has 1 N–H and O–H groups in total. The van der Waals surface area contributed by atoms with E-state index >= 15 is 0 Å². The van der Waals surface area contributed by atoms with E-state index in [-0.39, 0.29) is 6.04 Å². The minimum absolute atomic E-state index is 0.118. The van der Waals surface area contributed by atoms with E-state index in [0.717, 1.165) is 40.1 Å². The maximum absolute atomic E-state index is 4.18. The van der Waals surface area contributed by atoms with Crippen LogP contribution in [0.3, 0.4) is 0 Å². The van der Waals surface area contributed by atoms with E-state index in [9.17, 15) is 0 Å². The molecule has 1 aromatic carbocycles. The standard InChI is InChI=1S/C14H20BrN5/c1-5-6-16-11(4)14-17-18-19-20(14)13-9(2)7-12(15)8-10(13)3/h7-8,11,16H,5-6H2,1-4H3. The molecule has 0 aliphatic heterocycles. The van der Waals surface area contributed by atoms with Crippen LogP contribution >= 0.6 is 15.9 Å². The van der Waals surface area contributed by atoms with Gasteiger partial charge in [0, 0.05) is 4.47 Å². The highest BCUT2D eigenvalue weighted by atomic mass is 79.9. The summed E-state index contributed by atoms with van der Waals surface area (Å²) in [5.74, 6) is 0.840. The second-order valence-corrected chi connectivity index (χ2v) is 5.93. The molecule has 0 fully saturated rings. The van der Waals surface area contributed by atoms with Crippen LogP contribution in [0.15, 0.2) is 16.6 Å². The Morgan fingerprint density at radius 2 is 1.95 bits per heavy atom. The fourth-order valence-corrected chi connectivity index (χ4v) is 3.00. The predicted octanol–water partition coefficient (Wildman–Crippen LogP) is 3.10. The summed E-state index contributed by atoms with van der Waals surface area (Å²) in [5.41, 5.74) is 3.35. The summed E-state index contributed by atoms with van der Waals surface area (Å²) in [5, 5.41) is 15.6. The third kappa shape index (κ3) is 3.07. The Kier molecular flexibility index (Phi) is 4.88. The number of hydrogen-bond acceptors (Lipinski definition) is 4. The number of hydrogen-bond donors (Lipinski definition) is 1. The lowest BCUT2D eigenvalue weighted by molar-refractivity contribution is 0.530. The van der Waals surface area contributed by atoms with Crippen molar-refractivity contribution in [3.63, 3.8) is 0 Å². The van der Waals surface area contributed by atoms with Gasteiger partial charge in [0.05, 0.1) is 11.7 Å². The zero-order valence-electron chi connectivity index (χ0n) is 12.3. The summed E-state index contributed by atoms with van der Waals surface area (Å²) in [6, 6.07) is 4.28. The third-order valence-electron chi connectivity index (χ3n) is 3.25. The summed E-state index contributed by atoms with van der Waals surface area (Å²) in [7, 11) is 0. The molecule has 0 amide bonds. The van der Waals surface area contributed by atoms with Gasteiger partial charge in [-0.1, -0.05) is 22.9 Å². The van der Waals surface area contributed by atoms with E-state index in [4.69, 9.17) is 0 Å². The quantitative estimate of drug-likeness (QED) is 0.910. The van der Waals surface area contributed by atoms with Gasteiger partial charge in [0.1, 0.15) is 0 Å². The second kappa shape index (κ2) is 6.45. The molecule has 0 bridgehead atoms. The summed E-state index contributed by atoms with van der Waals surface area (Å²) in [6.45, 7) is 9.32. The summed E-state index contributed by atoms with van der Waals surface area (Å²) >= 11 is 3.52. The molecule has 6 heteroatoms. The second-order valence-electron chi connectivity index (χ2n) is 5.01. The number of nitrogens with zero attached hydrogens (tertiary/aromatic N) is 4. The molecule has 0 radical (unpaired) electrons. The Balaban J connectivity index is 2.42. The molecule has 2 aromatic rings. The van der Waals surface area contributed by atoms with E-state index in [0.29, 0.717) is 0 Å². The van der Waals surface area contributed by atoms with E-state index < -0.39 is 0 Å². The number of rotatable bonds is 5. The van der Waals surface area contributed by atoms with Crippen LogP contribution in [0.4, 0.5) is 0 Å². The van der Waals surface area contributed by atoms with Gasteiger partial charge in [-0.3, -0.25) is 0 Å². The molecule has 0 saturated heterocycles. The number of nitrogens with one attached hydrogen (secondary N) is 1. The molecule has 108 valence electrons. The Morgan fingerprint density at radius 3 is 2.55 bits per heavy atom. The molecule has 1 atom stereocenters. The van der Waals surface area contributed by atoms with Crippen LogP contribution in [0.2, 0.25) is 0 Å². The van der Waals surface area contributed by atoms with E-state index in [2.05, 4.69) is 76.6 Å².